The topological polar surface area (TPSA) is 84.7 Å². The number of aryl methyl sites for hydroxylation is 2. The van der Waals surface area contributed by atoms with Crippen LogP contribution in [0.3, 0.4) is 0 Å². The van der Waals surface area contributed by atoms with E-state index >= 15 is 0 Å². The van der Waals surface area contributed by atoms with Gasteiger partial charge in [0.15, 0.2) is 0 Å². The number of hydrogen-bond donors (Lipinski definition) is 1. The van der Waals surface area contributed by atoms with Crippen molar-refractivity contribution in [3.8, 4) is 0 Å². The van der Waals surface area contributed by atoms with Gasteiger partial charge in [0, 0.05) is 30.9 Å². The van der Waals surface area contributed by atoms with Gasteiger partial charge >= 0.3 is 5.97 Å². The molecule has 7 nitrogen and oxygen atoms in total. The van der Waals surface area contributed by atoms with Crippen LogP contribution in [0.5, 0.6) is 0 Å². The maximum atomic E-state index is 12.9. The first-order chi connectivity index (χ1) is 11.8. The number of ether oxygens (including phenoxy) is 1. The van der Waals surface area contributed by atoms with Crippen LogP contribution in [0.15, 0.2) is 30.6 Å². The number of carboxylic acids is 1. The fourth-order valence-corrected chi connectivity index (χ4v) is 3.12. The van der Waals surface area contributed by atoms with Gasteiger partial charge in [0.1, 0.15) is 5.60 Å². The average Bonchev–Trinajstić information content (AvgIpc) is 3.01. The van der Waals surface area contributed by atoms with Gasteiger partial charge in [-0.25, -0.2) is 4.79 Å². The van der Waals surface area contributed by atoms with E-state index in [2.05, 4.69) is 5.10 Å². The number of hydrogen-bond acceptors (Lipinski definition) is 4. The molecule has 2 heterocycles. The van der Waals surface area contributed by atoms with E-state index < -0.39 is 11.6 Å². The first-order valence-corrected chi connectivity index (χ1v) is 8.06. The van der Waals surface area contributed by atoms with Crippen LogP contribution in [0, 0.1) is 6.92 Å². The summed E-state index contributed by atoms with van der Waals surface area (Å²) in [5, 5.41) is 13.4. The molecule has 0 bridgehead atoms. The quantitative estimate of drug-likeness (QED) is 0.919. The second kappa shape index (κ2) is 6.33. The molecule has 132 valence electrons. The van der Waals surface area contributed by atoms with E-state index in [1.54, 1.807) is 34.8 Å². The molecule has 2 aromatic rings. The first-order valence-electron chi connectivity index (χ1n) is 8.06. The van der Waals surface area contributed by atoms with Crippen molar-refractivity contribution in [2.24, 2.45) is 7.05 Å². The van der Waals surface area contributed by atoms with E-state index in [9.17, 15) is 14.7 Å². The number of aromatic nitrogens is 2. The lowest BCUT2D eigenvalue weighted by Crippen LogP contribution is -2.50. The third-order valence-electron chi connectivity index (χ3n) is 4.45. The molecule has 1 saturated heterocycles. The van der Waals surface area contributed by atoms with Crippen LogP contribution in [-0.2, 0) is 17.4 Å². The number of rotatable bonds is 3. The van der Waals surface area contributed by atoms with E-state index in [1.807, 2.05) is 20.2 Å². The highest BCUT2D eigenvalue weighted by Gasteiger charge is 2.37. The number of carboxylic acid groups (broad SMARTS) is 1. The number of amides is 1. The highest BCUT2D eigenvalue weighted by atomic mass is 16.5. The van der Waals surface area contributed by atoms with Crippen LogP contribution >= 0.6 is 0 Å². The summed E-state index contributed by atoms with van der Waals surface area (Å²) in [4.78, 5) is 25.9. The van der Waals surface area contributed by atoms with Crippen molar-refractivity contribution in [3.05, 3.63) is 52.8 Å². The molecule has 0 spiro atoms. The Labute approximate surface area is 145 Å². The highest BCUT2D eigenvalue weighted by Crippen LogP contribution is 2.30. The second-order valence-corrected chi connectivity index (χ2v) is 6.60. The monoisotopic (exact) mass is 343 g/mol. The Morgan fingerprint density at radius 1 is 1.28 bits per heavy atom. The molecule has 3 rings (SSSR count). The Kier molecular flexibility index (Phi) is 4.34. The van der Waals surface area contributed by atoms with Crippen LogP contribution in [0.2, 0.25) is 0 Å². The maximum absolute atomic E-state index is 12.9. The normalized spacial score (nSPS) is 20.5. The smallest absolute Gasteiger partial charge is 0.335 e. The summed E-state index contributed by atoms with van der Waals surface area (Å²) < 4.78 is 7.62. The van der Waals surface area contributed by atoms with Gasteiger partial charge in [-0.15, -0.1) is 0 Å². The summed E-state index contributed by atoms with van der Waals surface area (Å²) in [7, 11) is 1.83. The Balaban J connectivity index is 1.86. The molecule has 1 amide bonds. The van der Waals surface area contributed by atoms with E-state index in [4.69, 9.17) is 4.74 Å². The Hall–Kier alpha value is -2.67. The standard InChI is InChI=1S/C18H21N3O4/c1-12-6-13(8-14(7-12)17(23)24)16(22)21-4-5-25-18(2,11-21)15-9-19-20(3)10-15/h6-10H,4-5,11H2,1-3H3,(H,23,24). The lowest BCUT2D eigenvalue weighted by Gasteiger charge is -2.40. The number of carbonyl (C=O) groups excluding carboxylic acids is 1. The Bertz CT molecular complexity index is 829. The van der Waals surface area contributed by atoms with Gasteiger partial charge < -0.3 is 14.7 Å². The van der Waals surface area contributed by atoms with Crippen LogP contribution in [0.1, 0.15) is 38.8 Å². The minimum atomic E-state index is -1.04. The minimum Gasteiger partial charge on any atom is -0.478 e. The van der Waals surface area contributed by atoms with Gasteiger partial charge in [-0.1, -0.05) is 0 Å². The number of benzene rings is 1. The van der Waals surface area contributed by atoms with E-state index in [-0.39, 0.29) is 11.5 Å². The zero-order chi connectivity index (χ0) is 18.2. The van der Waals surface area contributed by atoms with Crippen molar-refractivity contribution in [1.82, 2.24) is 14.7 Å². The number of aromatic carboxylic acids is 1. The minimum absolute atomic E-state index is 0.117. The molecule has 1 aliphatic rings. The lowest BCUT2D eigenvalue weighted by molar-refractivity contribution is -0.0931. The lowest BCUT2D eigenvalue weighted by atomic mass is 9.96. The predicted molar refractivity (Wildman–Crippen MR) is 90.6 cm³/mol. The van der Waals surface area contributed by atoms with Gasteiger partial charge in [0.05, 0.1) is 24.9 Å². The summed E-state index contributed by atoms with van der Waals surface area (Å²) in [6.07, 6.45) is 3.62. The molecule has 1 unspecified atom stereocenters. The fourth-order valence-electron chi connectivity index (χ4n) is 3.12. The summed E-state index contributed by atoms with van der Waals surface area (Å²) in [5.74, 6) is -1.23. The van der Waals surface area contributed by atoms with Crippen molar-refractivity contribution in [2.75, 3.05) is 19.7 Å². The van der Waals surface area contributed by atoms with Crippen LogP contribution in [0.25, 0.3) is 0 Å². The molecule has 1 fully saturated rings. The molecule has 25 heavy (non-hydrogen) atoms. The summed E-state index contributed by atoms with van der Waals surface area (Å²) in [6.45, 7) is 4.97. The van der Waals surface area contributed by atoms with Crippen molar-refractivity contribution < 1.29 is 19.4 Å². The van der Waals surface area contributed by atoms with E-state index in [0.717, 1.165) is 11.1 Å². The molecule has 1 aromatic carbocycles. The largest absolute Gasteiger partial charge is 0.478 e. The van der Waals surface area contributed by atoms with Gasteiger partial charge in [-0.3, -0.25) is 9.48 Å². The molecule has 1 aromatic heterocycles. The van der Waals surface area contributed by atoms with Crippen LogP contribution < -0.4 is 0 Å². The van der Waals surface area contributed by atoms with Crippen molar-refractivity contribution >= 4 is 11.9 Å². The highest BCUT2D eigenvalue weighted by molar-refractivity contribution is 5.98. The summed E-state index contributed by atoms with van der Waals surface area (Å²) >= 11 is 0. The fraction of sp³-hybridized carbons (Fsp3) is 0.389. The zero-order valence-electron chi connectivity index (χ0n) is 14.5. The Morgan fingerprint density at radius 2 is 2.00 bits per heavy atom. The van der Waals surface area contributed by atoms with Gasteiger partial charge in [0.2, 0.25) is 0 Å². The molecule has 7 heteroatoms. The van der Waals surface area contributed by atoms with Crippen molar-refractivity contribution in [1.29, 1.82) is 0 Å². The van der Waals surface area contributed by atoms with E-state index in [0.29, 0.717) is 25.3 Å². The van der Waals surface area contributed by atoms with Gasteiger partial charge in [0.25, 0.3) is 5.91 Å². The zero-order valence-corrected chi connectivity index (χ0v) is 14.5. The molecule has 0 aliphatic carbocycles. The predicted octanol–water partition coefficient (Wildman–Crippen LogP) is 1.81. The SMILES string of the molecule is Cc1cc(C(=O)O)cc(C(=O)N2CCOC(C)(c3cnn(C)c3)C2)c1. The molecular weight excluding hydrogens is 322 g/mol. The third-order valence-corrected chi connectivity index (χ3v) is 4.45. The third kappa shape index (κ3) is 3.41. The Morgan fingerprint density at radius 3 is 2.64 bits per heavy atom. The number of carbonyl (C=O) groups is 2. The molecule has 1 atom stereocenters. The second-order valence-electron chi connectivity index (χ2n) is 6.60. The number of nitrogens with zero attached hydrogens (tertiary/aromatic N) is 3. The molecule has 1 aliphatic heterocycles. The summed E-state index contributed by atoms with van der Waals surface area (Å²) in [6, 6.07) is 4.69. The number of morpholine rings is 1. The van der Waals surface area contributed by atoms with Crippen LogP contribution in [0.4, 0.5) is 0 Å². The van der Waals surface area contributed by atoms with Crippen molar-refractivity contribution in [2.45, 2.75) is 19.4 Å². The summed E-state index contributed by atoms with van der Waals surface area (Å²) in [5.41, 5.74) is 1.51. The average molecular weight is 343 g/mol. The van der Waals surface area contributed by atoms with Gasteiger partial charge in [-0.05, 0) is 37.6 Å². The first kappa shape index (κ1) is 17.2. The molecule has 0 radical (unpaired) electrons. The molecule has 0 saturated carbocycles. The van der Waals surface area contributed by atoms with Crippen molar-refractivity contribution in [3.63, 3.8) is 0 Å². The van der Waals surface area contributed by atoms with E-state index in [1.165, 1.54) is 6.07 Å². The molecule has 1 N–H and O–H groups in total. The molecular formula is C18H21N3O4. The maximum Gasteiger partial charge on any atom is 0.335 e. The van der Waals surface area contributed by atoms with Crippen LogP contribution in [-0.4, -0.2) is 51.4 Å². The van der Waals surface area contributed by atoms with Gasteiger partial charge in [-0.2, -0.15) is 5.10 Å².